The summed E-state index contributed by atoms with van der Waals surface area (Å²) in [5.74, 6) is 0.477. The van der Waals surface area contributed by atoms with Crippen LogP contribution in [0, 0.1) is 0 Å². The van der Waals surface area contributed by atoms with Crippen molar-refractivity contribution in [3.8, 4) is 0 Å². The predicted molar refractivity (Wildman–Crippen MR) is 180 cm³/mol. The number of hydrogen-bond acceptors (Lipinski definition) is 8. The van der Waals surface area contributed by atoms with E-state index >= 15 is 0 Å². The second-order valence-corrected chi connectivity index (χ2v) is 23.6. The molecule has 0 saturated heterocycles. The minimum atomic E-state index is -2.04. The summed E-state index contributed by atoms with van der Waals surface area (Å²) < 4.78 is 35.3. The van der Waals surface area contributed by atoms with Crippen LogP contribution < -0.4 is 10.6 Å². The molecule has 0 aliphatic carbocycles. The largest absolute Gasteiger partial charge is 0.398 e. The fourth-order valence-electron chi connectivity index (χ4n) is 5.21. The third-order valence-corrected chi connectivity index (χ3v) is 18.9. The molecule has 2 N–H and O–H groups in total. The van der Waals surface area contributed by atoms with Crippen LogP contribution in [-0.4, -0.2) is 94.7 Å². The number of hydrogen-bond donors (Lipinski definition) is 2. The van der Waals surface area contributed by atoms with E-state index in [0.29, 0.717) is 5.79 Å². The maximum Gasteiger partial charge on any atom is 0.334 e. The Hall–Kier alpha value is 0.548. The SMILES string of the molecule is CCO[Si](C)(CCCNC(NCCC[Si](C)(OCC)OCC)[SiH2]CCCCCCCC[Si](C)(OC)OC)OCC. The van der Waals surface area contributed by atoms with Gasteiger partial charge in [0.1, 0.15) is 0 Å². The molecule has 0 saturated carbocycles. The third kappa shape index (κ3) is 20.5. The van der Waals surface area contributed by atoms with E-state index in [4.69, 9.17) is 26.6 Å². The van der Waals surface area contributed by atoms with Crippen LogP contribution in [0.15, 0.2) is 0 Å². The lowest BCUT2D eigenvalue weighted by molar-refractivity contribution is 0.188. The summed E-state index contributed by atoms with van der Waals surface area (Å²) in [6, 6.07) is 4.56. The van der Waals surface area contributed by atoms with Crippen LogP contribution in [0.3, 0.4) is 0 Å². The normalized spacial score (nSPS) is 13.3. The fourth-order valence-corrected chi connectivity index (χ4v) is 13.4. The first kappa shape index (κ1) is 40.5. The Balaban J connectivity index is 4.51. The minimum Gasteiger partial charge on any atom is -0.398 e. The molecule has 0 bridgehead atoms. The van der Waals surface area contributed by atoms with Crippen molar-refractivity contribution in [2.75, 3.05) is 53.7 Å². The van der Waals surface area contributed by atoms with E-state index in [0.717, 1.165) is 70.5 Å². The van der Waals surface area contributed by atoms with Crippen LogP contribution >= 0.6 is 0 Å². The average molecular weight is 641 g/mol. The van der Waals surface area contributed by atoms with Crippen LogP contribution in [0.2, 0.25) is 43.8 Å². The van der Waals surface area contributed by atoms with Gasteiger partial charge < -0.3 is 37.2 Å². The molecule has 0 aliphatic heterocycles. The van der Waals surface area contributed by atoms with E-state index in [1.807, 2.05) is 0 Å². The van der Waals surface area contributed by atoms with Gasteiger partial charge in [-0.1, -0.05) is 44.6 Å². The van der Waals surface area contributed by atoms with E-state index in [9.17, 15) is 0 Å². The molecule has 12 heteroatoms. The Morgan fingerprint density at radius 1 is 0.525 bits per heavy atom. The third-order valence-electron chi connectivity index (χ3n) is 7.68. The van der Waals surface area contributed by atoms with Crippen molar-refractivity contribution in [1.82, 2.24) is 10.6 Å². The van der Waals surface area contributed by atoms with Gasteiger partial charge in [0.15, 0.2) is 0 Å². The van der Waals surface area contributed by atoms with E-state index in [-0.39, 0.29) is 9.52 Å². The summed E-state index contributed by atoms with van der Waals surface area (Å²) in [6.45, 7) is 19.8. The first-order chi connectivity index (χ1) is 19.1. The monoisotopic (exact) mass is 640 g/mol. The topological polar surface area (TPSA) is 79.4 Å². The second-order valence-electron chi connectivity index (χ2n) is 11.2. The first-order valence-corrected chi connectivity index (χ1v) is 25.7. The first-order valence-electron chi connectivity index (χ1n) is 16.3. The summed E-state index contributed by atoms with van der Waals surface area (Å²) in [4.78, 5) is 0. The lowest BCUT2D eigenvalue weighted by Gasteiger charge is -2.27. The van der Waals surface area contributed by atoms with Gasteiger partial charge in [0.2, 0.25) is 0 Å². The molecule has 8 nitrogen and oxygen atoms in total. The molecule has 40 heavy (non-hydrogen) atoms. The lowest BCUT2D eigenvalue weighted by atomic mass is 10.1. The van der Waals surface area contributed by atoms with E-state index in [1.54, 1.807) is 14.2 Å². The molecule has 0 aliphatic rings. The van der Waals surface area contributed by atoms with Crippen molar-refractivity contribution in [2.45, 2.75) is 129 Å². The summed E-state index contributed by atoms with van der Waals surface area (Å²) in [7, 11) is -2.65. The molecule has 0 aromatic heterocycles. The van der Waals surface area contributed by atoms with Gasteiger partial charge in [0.05, 0.1) is 9.52 Å². The van der Waals surface area contributed by atoms with Crippen molar-refractivity contribution >= 4 is 35.2 Å². The van der Waals surface area contributed by atoms with Crippen molar-refractivity contribution in [3.63, 3.8) is 0 Å². The average Bonchev–Trinajstić information content (AvgIpc) is 2.92. The van der Waals surface area contributed by atoms with Gasteiger partial charge in [-0.25, -0.2) is 0 Å². The Kier molecular flexibility index (Phi) is 25.3. The maximum atomic E-state index is 6.03. The van der Waals surface area contributed by atoms with Crippen LogP contribution in [-0.2, 0) is 26.6 Å². The molecule has 0 spiro atoms. The zero-order valence-corrected chi connectivity index (χ0v) is 32.4. The van der Waals surface area contributed by atoms with Crippen molar-refractivity contribution < 1.29 is 26.6 Å². The van der Waals surface area contributed by atoms with Crippen LogP contribution in [0.5, 0.6) is 0 Å². The molecule has 0 unspecified atom stereocenters. The standard InChI is InChI=1S/C28H68N2O6Si4/c1-10-33-39(8,34-11-2)26-20-22-29-28(30-23-21-27-40(9,35-12-3)36-13-4)37-24-18-16-14-15-17-19-25-38(7,31-5)32-6/h28-30H,10-27,37H2,1-9H3. The van der Waals surface area contributed by atoms with Gasteiger partial charge >= 0.3 is 25.7 Å². The molecule has 0 fully saturated rings. The maximum absolute atomic E-state index is 6.03. The molecular formula is C28H68N2O6Si4. The smallest absolute Gasteiger partial charge is 0.334 e. The molecule has 0 heterocycles. The van der Waals surface area contributed by atoms with E-state index < -0.39 is 25.7 Å². The molecule has 242 valence electrons. The zero-order valence-electron chi connectivity index (χ0n) is 28.0. The summed E-state index contributed by atoms with van der Waals surface area (Å²) in [6.07, 6.45) is 10.1. The van der Waals surface area contributed by atoms with Crippen LogP contribution in [0.25, 0.3) is 0 Å². The highest BCUT2D eigenvalue weighted by Crippen LogP contribution is 2.18. The molecule has 0 aromatic rings. The van der Waals surface area contributed by atoms with Crippen molar-refractivity contribution in [1.29, 1.82) is 0 Å². The van der Waals surface area contributed by atoms with Crippen LogP contribution in [0.1, 0.15) is 79.1 Å². The summed E-state index contributed by atoms with van der Waals surface area (Å²) in [5.41, 5.74) is 0. The fraction of sp³-hybridized carbons (Fsp3) is 1.00. The molecule has 0 rings (SSSR count). The van der Waals surface area contributed by atoms with Gasteiger partial charge in [-0.05, 0) is 91.4 Å². The molecule has 0 radical (unpaired) electrons. The molecule has 0 amide bonds. The summed E-state index contributed by atoms with van der Waals surface area (Å²) >= 11 is 0. The summed E-state index contributed by atoms with van der Waals surface area (Å²) in [5, 5.41) is 7.72. The quantitative estimate of drug-likeness (QED) is 0.0579. The molecular weight excluding hydrogens is 573 g/mol. The Morgan fingerprint density at radius 2 is 0.900 bits per heavy atom. The Bertz CT molecular complexity index is 537. The van der Waals surface area contributed by atoms with Gasteiger partial charge in [0, 0.05) is 46.4 Å². The molecule has 0 atom stereocenters. The highest BCUT2D eigenvalue weighted by molar-refractivity contribution is 6.66. The Labute approximate surface area is 254 Å². The van der Waals surface area contributed by atoms with Crippen molar-refractivity contribution in [2.24, 2.45) is 0 Å². The number of unbranched alkanes of at least 4 members (excludes halogenated alkanes) is 5. The highest BCUT2D eigenvalue weighted by Gasteiger charge is 2.31. The van der Waals surface area contributed by atoms with Gasteiger partial charge in [-0.3, -0.25) is 0 Å². The lowest BCUT2D eigenvalue weighted by Crippen LogP contribution is -2.48. The minimum absolute atomic E-state index is 0.258. The zero-order chi connectivity index (χ0) is 30.2. The number of nitrogens with one attached hydrogen (secondary N) is 2. The van der Waals surface area contributed by atoms with E-state index in [2.05, 4.69) is 58.0 Å². The Morgan fingerprint density at radius 3 is 1.30 bits per heavy atom. The van der Waals surface area contributed by atoms with Gasteiger partial charge in [0.25, 0.3) is 0 Å². The highest BCUT2D eigenvalue weighted by atomic mass is 28.4. The van der Waals surface area contributed by atoms with Crippen LogP contribution in [0.4, 0.5) is 0 Å². The molecule has 0 aromatic carbocycles. The van der Waals surface area contributed by atoms with Crippen molar-refractivity contribution in [3.05, 3.63) is 0 Å². The van der Waals surface area contributed by atoms with Gasteiger partial charge in [-0.2, -0.15) is 0 Å². The number of rotatable bonds is 30. The van der Waals surface area contributed by atoms with Gasteiger partial charge in [-0.15, -0.1) is 0 Å². The van der Waals surface area contributed by atoms with E-state index in [1.165, 1.54) is 44.6 Å². The predicted octanol–water partition coefficient (Wildman–Crippen LogP) is 5.81. The second kappa shape index (κ2) is 24.9.